The number of nitrogens with two attached hydrogens (primary N) is 1. The van der Waals surface area contributed by atoms with Gasteiger partial charge in [0, 0.05) is 25.7 Å². The van der Waals surface area contributed by atoms with Crippen LogP contribution in [0.1, 0.15) is 26.3 Å². The van der Waals surface area contributed by atoms with Crippen molar-refractivity contribution in [2.45, 2.75) is 26.4 Å². The number of hydrogen-bond acceptors (Lipinski definition) is 7. The van der Waals surface area contributed by atoms with Crippen LogP contribution in [-0.2, 0) is 4.74 Å². The highest BCUT2D eigenvalue weighted by Crippen LogP contribution is 2.25. The Labute approximate surface area is 151 Å². The van der Waals surface area contributed by atoms with Crippen LogP contribution in [0.2, 0.25) is 0 Å². The van der Waals surface area contributed by atoms with E-state index in [0.717, 1.165) is 6.07 Å². The highest BCUT2D eigenvalue weighted by atomic mass is 19.1. The van der Waals surface area contributed by atoms with Crippen LogP contribution >= 0.6 is 0 Å². The number of nitrogens with zero attached hydrogens (tertiary/aromatic N) is 2. The third kappa shape index (κ3) is 5.31. The Bertz CT molecular complexity index is 715. The van der Waals surface area contributed by atoms with Gasteiger partial charge in [-0.15, -0.1) is 0 Å². The van der Waals surface area contributed by atoms with Crippen molar-refractivity contribution in [3.63, 3.8) is 0 Å². The molecule has 9 nitrogen and oxygen atoms in total. The second kappa shape index (κ2) is 8.48. The van der Waals surface area contributed by atoms with E-state index in [2.05, 4.69) is 10.7 Å². The maximum atomic E-state index is 14.5. The molecule has 10 heteroatoms. The molecule has 0 unspecified atom stereocenters. The number of carbonyl (C=O) groups excluding carboxylic acids is 1. The Morgan fingerprint density at radius 3 is 2.50 bits per heavy atom. The molecule has 4 N–H and O–H groups in total. The van der Waals surface area contributed by atoms with Gasteiger partial charge in [-0.2, -0.15) is 4.39 Å². The summed E-state index contributed by atoms with van der Waals surface area (Å²) in [5, 5.41) is 13.8. The molecular formula is C16H24FN5O4. The summed E-state index contributed by atoms with van der Waals surface area (Å²) in [6, 6.07) is 3.75. The molecule has 1 aromatic rings. The Hall–Kier alpha value is -2.88. The van der Waals surface area contributed by atoms with Crippen LogP contribution in [0.3, 0.4) is 0 Å². The van der Waals surface area contributed by atoms with Crippen molar-refractivity contribution in [1.29, 1.82) is 0 Å². The van der Waals surface area contributed by atoms with E-state index in [1.165, 1.54) is 24.1 Å². The van der Waals surface area contributed by atoms with Crippen LogP contribution in [0.25, 0.3) is 5.70 Å². The third-order valence-corrected chi connectivity index (χ3v) is 3.29. The number of nitro groups is 1. The van der Waals surface area contributed by atoms with Crippen LogP contribution in [0.5, 0.6) is 0 Å². The number of likely N-dealkylation sites (N-methyl/N-ethyl adjacent to an activating group) is 2. The number of rotatable bonds is 6. The number of halogens is 1. The van der Waals surface area contributed by atoms with E-state index >= 15 is 0 Å². The zero-order valence-electron chi connectivity index (χ0n) is 15.4. The SMILES string of the molecule is CN/C(CN(C)C(=O)OC(C)(C)C)=C(\NN)c1cccc([N+](=O)[O-])c1F. The summed E-state index contributed by atoms with van der Waals surface area (Å²) in [5.41, 5.74) is 1.34. The number of hydrogen-bond donors (Lipinski definition) is 3. The molecule has 0 bridgehead atoms. The minimum absolute atomic E-state index is 0.00702. The minimum atomic E-state index is -1.03. The van der Waals surface area contributed by atoms with Gasteiger partial charge in [-0.25, -0.2) is 4.79 Å². The average Bonchev–Trinajstić information content (AvgIpc) is 2.53. The molecule has 0 spiro atoms. The van der Waals surface area contributed by atoms with Crippen molar-refractivity contribution < 1.29 is 18.8 Å². The van der Waals surface area contributed by atoms with Gasteiger partial charge in [0.25, 0.3) is 0 Å². The quantitative estimate of drug-likeness (QED) is 0.398. The summed E-state index contributed by atoms with van der Waals surface area (Å²) in [6.45, 7) is 5.21. The lowest BCUT2D eigenvalue weighted by Gasteiger charge is -2.26. The fraction of sp³-hybridized carbons (Fsp3) is 0.438. The molecule has 0 aliphatic carbocycles. The monoisotopic (exact) mass is 369 g/mol. The van der Waals surface area contributed by atoms with Crippen molar-refractivity contribution in [3.05, 3.63) is 45.4 Å². The van der Waals surface area contributed by atoms with E-state index in [9.17, 15) is 19.3 Å². The van der Waals surface area contributed by atoms with Gasteiger partial charge in [0.05, 0.1) is 22.9 Å². The lowest BCUT2D eigenvalue weighted by Crippen LogP contribution is -2.38. The Morgan fingerprint density at radius 1 is 1.42 bits per heavy atom. The predicted octanol–water partition coefficient (Wildman–Crippen LogP) is 1.95. The fourth-order valence-corrected chi connectivity index (χ4v) is 2.11. The van der Waals surface area contributed by atoms with Gasteiger partial charge in [0.2, 0.25) is 5.82 Å². The smallest absolute Gasteiger partial charge is 0.410 e. The number of ether oxygens (including phenoxy) is 1. The zero-order valence-corrected chi connectivity index (χ0v) is 15.4. The number of amides is 1. The fourth-order valence-electron chi connectivity index (χ4n) is 2.11. The van der Waals surface area contributed by atoms with Gasteiger partial charge in [0.15, 0.2) is 0 Å². The molecule has 1 amide bonds. The van der Waals surface area contributed by atoms with Gasteiger partial charge < -0.3 is 20.4 Å². The van der Waals surface area contributed by atoms with Crippen molar-refractivity contribution in [2.75, 3.05) is 20.6 Å². The summed E-state index contributed by atoms with van der Waals surface area (Å²) < 4.78 is 19.7. The molecule has 144 valence electrons. The normalized spacial score (nSPS) is 12.1. The average molecular weight is 369 g/mol. The maximum absolute atomic E-state index is 14.5. The van der Waals surface area contributed by atoms with E-state index < -0.39 is 28.1 Å². The highest BCUT2D eigenvalue weighted by molar-refractivity contribution is 5.72. The van der Waals surface area contributed by atoms with Crippen LogP contribution in [0.4, 0.5) is 14.9 Å². The van der Waals surface area contributed by atoms with Crippen molar-refractivity contribution in [1.82, 2.24) is 15.6 Å². The lowest BCUT2D eigenvalue weighted by molar-refractivity contribution is -0.387. The Kier molecular flexibility index (Phi) is 6.90. The van der Waals surface area contributed by atoms with Crippen molar-refractivity contribution in [2.24, 2.45) is 5.84 Å². The van der Waals surface area contributed by atoms with Gasteiger partial charge >= 0.3 is 11.8 Å². The molecule has 0 atom stereocenters. The van der Waals surface area contributed by atoms with Crippen LogP contribution in [-0.4, -0.2) is 42.2 Å². The van der Waals surface area contributed by atoms with Crippen molar-refractivity contribution in [3.8, 4) is 0 Å². The number of nitrogens with one attached hydrogen (secondary N) is 2. The second-order valence-electron chi connectivity index (χ2n) is 6.48. The third-order valence-electron chi connectivity index (χ3n) is 3.29. The molecule has 0 radical (unpaired) electrons. The molecule has 26 heavy (non-hydrogen) atoms. The van der Waals surface area contributed by atoms with E-state index in [4.69, 9.17) is 10.6 Å². The van der Waals surface area contributed by atoms with Crippen LogP contribution in [0.15, 0.2) is 23.9 Å². The summed E-state index contributed by atoms with van der Waals surface area (Å²) in [6.07, 6.45) is -0.582. The van der Waals surface area contributed by atoms with Gasteiger partial charge in [-0.05, 0) is 26.8 Å². The minimum Gasteiger partial charge on any atom is -0.444 e. The number of benzene rings is 1. The van der Waals surface area contributed by atoms with Gasteiger partial charge in [-0.1, -0.05) is 6.07 Å². The molecule has 0 aliphatic heterocycles. The number of hydrazine groups is 1. The standard InChI is InChI=1S/C16H24FN5O4/c1-16(2,3)26-15(23)21(5)9-11(19-4)14(20-18)10-7-6-8-12(13(10)17)22(24)25/h6-8,19-20H,9,18H2,1-5H3/b14-11-. The molecule has 0 aromatic heterocycles. The summed E-state index contributed by atoms with van der Waals surface area (Å²) in [7, 11) is 3.06. The second-order valence-corrected chi connectivity index (χ2v) is 6.48. The molecule has 0 fully saturated rings. The van der Waals surface area contributed by atoms with E-state index in [1.54, 1.807) is 27.8 Å². The van der Waals surface area contributed by atoms with E-state index in [1.807, 2.05) is 0 Å². The predicted molar refractivity (Wildman–Crippen MR) is 95.2 cm³/mol. The van der Waals surface area contributed by atoms with Gasteiger partial charge in [0.1, 0.15) is 5.60 Å². The van der Waals surface area contributed by atoms with Crippen LogP contribution < -0.4 is 16.6 Å². The first-order chi connectivity index (χ1) is 12.0. The number of carbonyl (C=O) groups is 1. The maximum Gasteiger partial charge on any atom is 0.410 e. The topological polar surface area (TPSA) is 123 Å². The van der Waals surface area contributed by atoms with Crippen LogP contribution in [0, 0.1) is 15.9 Å². The molecule has 0 heterocycles. The lowest BCUT2D eigenvalue weighted by atomic mass is 10.1. The molecular weight excluding hydrogens is 345 g/mol. The first-order valence-electron chi connectivity index (χ1n) is 7.76. The first-order valence-corrected chi connectivity index (χ1v) is 7.76. The summed E-state index contributed by atoms with van der Waals surface area (Å²) in [5.74, 6) is 4.48. The molecule has 0 saturated carbocycles. The summed E-state index contributed by atoms with van der Waals surface area (Å²) in [4.78, 5) is 23.5. The van der Waals surface area contributed by atoms with E-state index in [-0.39, 0.29) is 17.8 Å². The first kappa shape index (κ1) is 21.2. The van der Waals surface area contributed by atoms with Gasteiger partial charge in [-0.3, -0.25) is 16.0 Å². The zero-order chi connectivity index (χ0) is 20.1. The Morgan fingerprint density at radius 2 is 2.04 bits per heavy atom. The highest BCUT2D eigenvalue weighted by Gasteiger charge is 2.24. The molecule has 1 aromatic carbocycles. The largest absolute Gasteiger partial charge is 0.444 e. The molecule has 0 aliphatic rings. The molecule has 1 rings (SSSR count). The van der Waals surface area contributed by atoms with E-state index in [0.29, 0.717) is 5.70 Å². The number of nitro benzene ring substituents is 1. The molecule has 0 saturated heterocycles. The Balaban J connectivity index is 3.25. The summed E-state index contributed by atoms with van der Waals surface area (Å²) >= 11 is 0. The van der Waals surface area contributed by atoms with Crippen molar-refractivity contribution >= 4 is 17.5 Å².